The number of nitrogens with one attached hydrogen (secondary N) is 1. The molecule has 4 rings (SSSR count). The summed E-state index contributed by atoms with van der Waals surface area (Å²) in [5, 5.41) is 7.82. The molecule has 0 aliphatic rings. The lowest BCUT2D eigenvalue weighted by molar-refractivity contribution is 0.102. The zero-order valence-electron chi connectivity index (χ0n) is 11.5. The van der Waals surface area contributed by atoms with Crippen LogP contribution in [-0.4, -0.2) is 15.9 Å². The molecule has 1 amide bonds. The van der Waals surface area contributed by atoms with Crippen LogP contribution in [0.4, 0.5) is 5.82 Å². The van der Waals surface area contributed by atoms with E-state index in [0.29, 0.717) is 11.4 Å². The molecule has 0 aliphatic heterocycles. The Balaban J connectivity index is 1.70. The molecule has 0 spiro atoms. The number of hydrogen-bond acceptors (Lipinski definition) is 4. The maximum atomic E-state index is 12.5. The van der Waals surface area contributed by atoms with E-state index in [1.54, 1.807) is 0 Å². The molecule has 0 bridgehead atoms. The van der Waals surface area contributed by atoms with Gasteiger partial charge in [-0.05, 0) is 34.4 Å². The second kappa shape index (κ2) is 5.20. The van der Waals surface area contributed by atoms with Crippen LogP contribution in [0.3, 0.4) is 0 Å². The Labute approximate surface area is 130 Å². The summed E-state index contributed by atoms with van der Waals surface area (Å²) in [7, 11) is 0. The van der Waals surface area contributed by atoms with Crippen LogP contribution in [0.1, 0.15) is 10.4 Å². The molecule has 4 nitrogen and oxygen atoms in total. The fraction of sp³-hybridized carbons (Fsp3) is 0. The molecule has 5 heteroatoms. The maximum Gasteiger partial charge on any atom is 0.256 e. The highest BCUT2D eigenvalue weighted by Crippen LogP contribution is 2.24. The lowest BCUT2D eigenvalue weighted by Crippen LogP contribution is -2.13. The third kappa shape index (κ3) is 2.21. The van der Waals surface area contributed by atoms with Crippen molar-refractivity contribution in [2.45, 2.75) is 0 Å². The summed E-state index contributed by atoms with van der Waals surface area (Å²) in [6.07, 6.45) is 1.47. The quantitative estimate of drug-likeness (QED) is 0.606. The first-order valence-electron chi connectivity index (χ1n) is 6.79. The summed E-state index contributed by atoms with van der Waals surface area (Å²) in [5.41, 5.74) is 0.612. The first-order chi connectivity index (χ1) is 10.8. The summed E-state index contributed by atoms with van der Waals surface area (Å²) in [6, 6.07) is 15.5. The van der Waals surface area contributed by atoms with Crippen LogP contribution in [0.5, 0.6) is 0 Å². The van der Waals surface area contributed by atoms with Crippen LogP contribution in [0.15, 0.2) is 60.2 Å². The van der Waals surface area contributed by atoms with Crippen LogP contribution < -0.4 is 5.32 Å². The minimum Gasteiger partial charge on any atom is -0.306 e. The molecule has 2 aromatic heterocycles. The zero-order valence-corrected chi connectivity index (χ0v) is 12.3. The molecule has 22 heavy (non-hydrogen) atoms. The number of carbonyl (C=O) groups is 1. The molecular formula is C17H11N3OS. The van der Waals surface area contributed by atoms with E-state index in [1.807, 2.05) is 53.9 Å². The molecule has 0 saturated carbocycles. The van der Waals surface area contributed by atoms with Crippen molar-refractivity contribution in [3.8, 4) is 0 Å². The molecular weight excluding hydrogens is 294 g/mol. The minimum atomic E-state index is -0.169. The summed E-state index contributed by atoms with van der Waals surface area (Å²) >= 11 is 1.52. The first-order valence-corrected chi connectivity index (χ1v) is 7.67. The fourth-order valence-electron chi connectivity index (χ4n) is 2.40. The molecule has 0 atom stereocenters. The second-order valence-corrected chi connectivity index (χ2v) is 5.77. The highest BCUT2D eigenvalue weighted by Gasteiger charge is 2.11. The van der Waals surface area contributed by atoms with E-state index in [9.17, 15) is 4.79 Å². The molecule has 0 unspecified atom stereocenters. The Morgan fingerprint density at radius 1 is 1.00 bits per heavy atom. The second-order valence-electron chi connectivity index (χ2n) is 4.88. The van der Waals surface area contributed by atoms with Crippen LogP contribution in [0.25, 0.3) is 21.0 Å². The Kier molecular flexibility index (Phi) is 3.05. The minimum absolute atomic E-state index is 0.169. The largest absolute Gasteiger partial charge is 0.306 e. The molecule has 0 saturated heterocycles. The van der Waals surface area contributed by atoms with E-state index in [1.165, 1.54) is 17.7 Å². The molecule has 0 aliphatic carbocycles. The van der Waals surface area contributed by atoms with Crippen molar-refractivity contribution >= 4 is 44.1 Å². The summed E-state index contributed by atoms with van der Waals surface area (Å²) in [6.45, 7) is 0. The van der Waals surface area contributed by atoms with Gasteiger partial charge in [-0.25, -0.2) is 9.97 Å². The highest BCUT2D eigenvalue weighted by atomic mass is 32.1. The zero-order chi connectivity index (χ0) is 14.9. The van der Waals surface area contributed by atoms with Crippen molar-refractivity contribution in [3.63, 3.8) is 0 Å². The third-order valence-corrected chi connectivity index (χ3v) is 4.33. The van der Waals surface area contributed by atoms with E-state index in [-0.39, 0.29) is 5.91 Å². The number of fused-ring (bicyclic) bond motifs is 2. The Bertz CT molecular complexity index is 993. The molecule has 0 fully saturated rings. The van der Waals surface area contributed by atoms with Gasteiger partial charge in [-0.1, -0.05) is 30.3 Å². The van der Waals surface area contributed by atoms with Crippen LogP contribution >= 0.6 is 11.3 Å². The third-order valence-electron chi connectivity index (χ3n) is 3.51. The number of thiophene rings is 1. The summed E-state index contributed by atoms with van der Waals surface area (Å²) < 4.78 is 0. The summed E-state index contributed by atoms with van der Waals surface area (Å²) in [4.78, 5) is 21.7. The van der Waals surface area contributed by atoms with E-state index in [2.05, 4.69) is 15.3 Å². The standard InChI is InChI=1S/C17H11N3OS/c21-16(13-6-5-11-3-1-2-4-12(11)9-13)20-15-14-7-8-22-17(14)19-10-18-15/h1-10H,(H,18,19,20,21). The van der Waals surface area contributed by atoms with Gasteiger partial charge in [0.25, 0.3) is 5.91 Å². The lowest BCUT2D eigenvalue weighted by Gasteiger charge is -2.06. The Morgan fingerprint density at radius 3 is 2.77 bits per heavy atom. The monoisotopic (exact) mass is 305 g/mol. The van der Waals surface area contributed by atoms with Crippen LogP contribution in [-0.2, 0) is 0 Å². The predicted molar refractivity (Wildman–Crippen MR) is 89.3 cm³/mol. The van der Waals surface area contributed by atoms with Crippen molar-refractivity contribution in [2.75, 3.05) is 5.32 Å². The molecule has 1 N–H and O–H groups in total. The number of anilines is 1. The van der Waals surface area contributed by atoms with Crippen LogP contribution in [0.2, 0.25) is 0 Å². The Hall–Kier alpha value is -2.79. The number of aromatic nitrogens is 2. The van der Waals surface area contributed by atoms with Gasteiger partial charge in [-0.3, -0.25) is 4.79 Å². The summed E-state index contributed by atoms with van der Waals surface area (Å²) in [5.74, 6) is 0.376. The van der Waals surface area contributed by atoms with Gasteiger partial charge >= 0.3 is 0 Å². The van der Waals surface area contributed by atoms with E-state index in [0.717, 1.165) is 21.0 Å². The fourth-order valence-corrected chi connectivity index (χ4v) is 3.13. The van der Waals surface area contributed by atoms with Gasteiger partial charge in [0.2, 0.25) is 0 Å². The Morgan fingerprint density at radius 2 is 1.86 bits per heavy atom. The molecule has 2 heterocycles. The number of amides is 1. The van der Waals surface area contributed by atoms with E-state index < -0.39 is 0 Å². The van der Waals surface area contributed by atoms with Gasteiger partial charge in [0.1, 0.15) is 17.0 Å². The van der Waals surface area contributed by atoms with Crippen LogP contribution in [0, 0.1) is 0 Å². The van der Waals surface area contributed by atoms with E-state index >= 15 is 0 Å². The molecule has 2 aromatic carbocycles. The van der Waals surface area contributed by atoms with Gasteiger partial charge in [0.15, 0.2) is 0 Å². The normalized spacial score (nSPS) is 10.9. The SMILES string of the molecule is O=C(Nc1ncnc2sccc12)c1ccc2ccccc2c1. The van der Waals surface area contributed by atoms with Gasteiger partial charge in [0, 0.05) is 5.56 Å². The van der Waals surface area contributed by atoms with Gasteiger partial charge in [-0.2, -0.15) is 0 Å². The number of hydrogen-bond donors (Lipinski definition) is 1. The predicted octanol–water partition coefficient (Wildman–Crippen LogP) is 4.10. The molecule has 0 radical (unpaired) electrons. The smallest absolute Gasteiger partial charge is 0.256 e. The van der Waals surface area contributed by atoms with Crippen molar-refractivity contribution in [2.24, 2.45) is 0 Å². The van der Waals surface area contributed by atoms with Crippen molar-refractivity contribution in [3.05, 3.63) is 65.8 Å². The molecule has 4 aromatic rings. The average Bonchev–Trinajstić information content (AvgIpc) is 3.04. The maximum absolute atomic E-state index is 12.5. The van der Waals surface area contributed by atoms with Crippen molar-refractivity contribution < 1.29 is 4.79 Å². The number of benzene rings is 2. The first kappa shape index (κ1) is 12.9. The van der Waals surface area contributed by atoms with Gasteiger partial charge in [-0.15, -0.1) is 11.3 Å². The molecule has 106 valence electrons. The number of nitrogens with zero attached hydrogens (tertiary/aromatic N) is 2. The number of carbonyl (C=O) groups excluding carboxylic acids is 1. The van der Waals surface area contributed by atoms with Gasteiger partial charge in [0.05, 0.1) is 5.39 Å². The highest BCUT2D eigenvalue weighted by molar-refractivity contribution is 7.16. The van der Waals surface area contributed by atoms with E-state index in [4.69, 9.17) is 0 Å². The lowest BCUT2D eigenvalue weighted by atomic mass is 10.1. The number of rotatable bonds is 2. The van der Waals surface area contributed by atoms with Crippen molar-refractivity contribution in [1.29, 1.82) is 0 Å². The average molecular weight is 305 g/mol. The topological polar surface area (TPSA) is 54.9 Å². The van der Waals surface area contributed by atoms with Gasteiger partial charge < -0.3 is 5.32 Å². The van der Waals surface area contributed by atoms with Crippen molar-refractivity contribution in [1.82, 2.24) is 9.97 Å².